The molecule has 152 valence electrons. The first-order chi connectivity index (χ1) is 14.0. The molecule has 2 aliphatic heterocycles. The number of fused-ring (bicyclic) bond motifs is 1. The summed E-state index contributed by atoms with van der Waals surface area (Å²) >= 11 is 1.16. The Morgan fingerprint density at radius 1 is 1.31 bits per heavy atom. The number of thiophene rings is 1. The van der Waals surface area contributed by atoms with Gasteiger partial charge in [0.25, 0.3) is 0 Å². The maximum Gasteiger partial charge on any atom is 0.348 e. The minimum Gasteiger partial charge on any atom is -0.462 e. The van der Waals surface area contributed by atoms with Crippen molar-refractivity contribution in [2.75, 3.05) is 39.0 Å². The first-order valence-electron chi connectivity index (χ1n) is 9.99. The van der Waals surface area contributed by atoms with Crippen LogP contribution in [0.4, 0.5) is 5.00 Å². The SMILES string of the molecule is CCOC(=O)c1sc(N)c(C#N)c1CN1C[C@@H]2CN(C)[C@H](c3ccccc3)[C@@H]2C1. The lowest BCUT2D eigenvalue weighted by Gasteiger charge is -2.27. The fourth-order valence-electron chi connectivity index (χ4n) is 4.97. The van der Waals surface area contributed by atoms with Crippen LogP contribution in [0.2, 0.25) is 0 Å². The molecule has 29 heavy (non-hydrogen) atoms. The van der Waals surface area contributed by atoms with Crippen molar-refractivity contribution in [3.63, 3.8) is 0 Å². The van der Waals surface area contributed by atoms with Crippen molar-refractivity contribution >= 4 is 22.3 Å². The molecule has 0 saturated carbocycles. The number of anilines is 1. The average molecular weight is 411 g/mol. The molecular weight excluding hydrogens is 384 g/mol. The van der Waals surface area contributed by atoms with Crippen molar-refractivity contribution in [3.8, 4) is 6.07 Å². The summed E-state index contributed by atoms with van der Waals surface area (Å²) in [5, 5.41) is 9.98. The van der Waals surface area contributed by atoms with E-state index in [1.807, 2.05) is 0 Å². The number of nitrogen functional groups attached to an aromatic ring is 1. The third-order valence-corrected chi connectivity index (χ3v) is 7.14. The van der Waals surface area contributed by atoms with Crippen LogP contribution >= 0.6 is 11.3 Å². The smallest absolute Gasteiger partial charge is 0.348 e. The second-order valence-electron chi connectivity index (χ2n) is 7.89. The largest absolute Gasteiger partial charge is 0.462 e. The van der Waals surface area contributed by atoms with Gasteiger partial charge in [0, 0.05) is 37.8 Å². The van der Waals surface area contributed by atoms with E-state index >= 15 is 0 Å². The topological polar surface area (TPSA) is 82.6 Å². The fourth-order valence-corrected chi connectivity index (χ4v) is 5.90. The van der Waals surface area contributed by atoms with E-state index < -0.39 is 0 Å². The molecule has 2 fully saturated rings. The molecule has 0 radical (unpaired) electrons. The Morgan fingerprint density at radius 2 is 2.07 bits per heavy atom. The molecule has 2 aromatic rings. The van der Waals surface area contributed by atoms with Crippen molar-refractivity contribution in [1.82, 2.24) is 9.80 Å². The summed E-state index contributed by atoms with van der Waals surface area (Å²) in [4.78, 5) is 17.7. The molecule has 3 heterocycles. The number of carbonyl (C=O) groups excluding carboxylic acids is 1. The van der Waals surface area contributed by atoms with Crippen LogP contribution in [0.1, 0.15) is 39.3 Å². The molecule has 2 saturated heterocycles. The van der Waals surface area contributed by atoms with Crippen molar-refractivity contribution in [2.45, 2.75) is 19.5 Å². The molecule has 0 aliphatic carbocycles. The van der Waals surface area contributed by atoms with Crippen molar-refractivity contribution < 1.29 is 9.53 Å². The number of hydrogen-bond acceptors (Lipinski definition) is 7. The molecule has 3 atom stereocenters. The molecular formula is C22H26N4O2S. The number of likely N-dealkylation sites (tertiary alicyclic amines) is 2. The zero-order valence-electron chi connectivity index (χ0n) is 16.8. The van der Waals surface area contributed by atoms with Crippen molar-refractivity contribution in [2.24, 2.45) is 11.8 Å². The quantitative estimate of drug-likeness (QED) is 0.763. The van der Waals surface area contributed by atoms with Gasteiger partial charge < -0.3 is 10.5 Å². The predicted molar refractivity (Wildman–Crippen MR) is 113 cm³/mol. The number of esters is 1. The summed E-state index contributed by atoms with van der Waals surface area (Å²) in [6.07, 6.45) is 0. The molecule has 7 heteroatoms. The molecule has 6 nitrogen and oxygen atoms in total. The number of ether oxygens (including phenoxy) is 1. The Morgan fingerprint density at radius 3 is 2.76 bits per heavy atom. The van der Waals surface area contributed by atoms with E-state index in [2.05, 4.69) is 53.2 Å². The first-order valence-corrected chi connectivity index (χ1v) is 10.8. The standard InChI is InChI=1S/C22H26N4O2S/c1-3-28-22(27)20-18(16(9-23)21(24)29-20)13-26-11-15-10-25(2)19(17(15)12-26)14-7-5-4-6-8-14/h4-8,15,17,19H,3,10-13,24H2,1-2H3/t15-,17+,19+/m0/s1. The van der Waals surface area contributed by atoms with Crippen LogP contribution in [0.15, 0.2) is 30.3 Å². The number of carbonyl (C=O) groups is 1. The molecule has 1 aromatic carbocycles. The van der Waals surface area contributed by atoms with Crippen LogP contribution in [0, 0.1) is 23.2 Å². The summed E-state index contributed by atoms with van der Waals surface area (Å²) in [5.74, 6) is 0.731. The van der Waals surface area contributed by atoms with E-state index in [0.717, 1.165) is 36.5 Å². The van der Waals surface area contributed by atoms with Gasteiger partial charge >= 0.3 is 5.97 Å². The van der Waals surface area contributed by atoms with Crippen molar-refractivity contribution in [1.29, 1.82) is 5.26 Å². The number of nitrogens with two attached hydrogens (primary N) is 1. The summed E-state index contributed by atoms with van der Waals surface area (Å²) in [7, 11) is 2.20. The van der Waals surface area contributed by atoms with Gasteiger partial charge in [-0.2, -0.15) is 5.26 Å². The predicted octanol–water partition coefficient (Wildman–Crippen LogP) is 3.11. The maximum atomic E-state index is 12.4. The molecule has 1 aromatic heterocycles. The first kappa shape index (κ1) is 19.9. The van der Waals surface area contributed by atoms with Crippen LogP contribution in [-0.2, 0) is 11.3 Å². The second-order valence-corrected chi connectivity index (χ2v) is 8.95. The van der Waals surface area contributed by atoms with Gasteiger partial charge in [-0.3, -0.25) is 9.80 Å². The maximum absolute atomic E-state index is 12.4. The Hall–Kier alpha value is -2.40. The van der Waals surface area contributed by atoms with Gasteiger partial charge in [0.1, 0.15) is 15.9 Å². The molecule has 0 bridgehead atoms. The van der Waals surface area contributed by atoms with Gasteiger partial charge in [-0.05, 0) is 31.4 Å². The van der Waals surface area contributed by atoms with Gasteiger partial charge in [0.05, 0.1) is 12.2 Å². The lowest BCUT2D eigenvalue weighted by atomic mass is 9.90. The minimum absolute atomic E-state index is 0.302. The normalized spacial score (nSPS) is 24.4. The Balaban J connectivity index is 1.56. The summed E-state index contributed by atoms with van der Waals surface area (Å²) in [6.45, 7) is 5.60. The third kappa shape index (κ3) is 3.64. The number of nitriles is 1. The molecule has 4 rings (SSSR count). The Kier molecular flexibility index (Phi) is 5.59. The summed E-state index contributed by atoms with van der Waals surface area (Å²) in [6, 6.07) is 13.3. The molecule has 0 unspecified atom stereocenters. The van der Waals surface area contributed by atoms with Crippen LogP contribution in [-0.4, -0.2) is 49.1 Å². The van der Waals surface area contributed by atoms with E-state index in [9.17, 15) is 10.1 Å². The minimum atomic E-state index is -0.387. The van der Waals surface area contributed by atoms with Crippen LogP contribution in [0.25, 0.3) is 0 Å². The van der Waals surface area contributed by atoms with Crippen LogP contribution < -0.4 is 5.73 Å². The Labute approximate surface area is 175 Å². The fraction of sp³-hybridized carbons (Fsp3) is 0.455. The molecule has 2 N–H and O–H groups in total. The van der Waals surface area contributed by atoms with Crippen LogP contribution in [0.5, 0.6) is 0 Å². The van der Waals surface area contributed by atoms with Gasteiger partial charge in [0.2, 0.25) is 0 Å². The van der Waals surface area contributed by atoms with E-state index in [1.54, 1.807) is 6.92 Å². The van der Waals surface area contributed by atoms with Gasteiger partial charge in [-0.15, -0.1) is 11.3 Å². The highest BCUT2D eigenvalue weighted by molar-refractivity contribution is 7.18. The van der Waals surface area contributed by atoms with Gasteiger partial charge in [-0.1, -0.05) is 30.3 Å². The van der Waals surface area contributed by atoms with Crippen LogP contribution in [0.3, 0.4) is 0 Å². The zero-order valence-corrected chi connectivity index (χ0v) is 17.6. The molecule has 2 aliphatic rings. The average Bonchev–Trinajstić information content (AvgIpc) is 3.32. The lowest BCUT2D eigenvalue weighted by molar-refractivity contribution is 0.0530. The van der Waals surface area contributed by atoms with E-state index in [-0.39, 0.29) is 5.97 Å². The lowest BCUT2D eigenvalue weighted by Crippen LogP contribution is -2.29. The van der Waals surface area contributed by atoms with Crippen molar-refractivity contribution in [3.05, 3.63) is 51.9 Å². The summed E-state index contributed by atoms with van der Waals surface area (Å²) < 4.78 is 5.19. The van der Waals surface area contributed by atoms with E-state index in [0.29, 0.717) is 46.5 Å². The highest BCUT2D eigenvalue weighted by atomic mass is 32.1. The number of benzene rings is 1. The number of rotatable bonds is 5. The molecule has 0 spiro atoms. The monoisotopic (exact) mass is 410 g/mol. The van der Waals surface area contributed by atoms with E-state index in [4.69, 9.17) is 10.5 Å². The Bertz CT molecular complexity index is 936. The zero-order chi connectivity index (χ0) is 20.5. The number of nitrogens with zero attached hydrogens (tertiary/aromatic N) is 3. The van der Waals surface area contributed by atoms with Gasteiger partial charge in [0.15, 0.2) is 0 Å². The number of hydrogen-bond donors (Lipinski definition) is 1. The second kappa shape index (κ2) is 8.15. The summed E-state index contributed by atoms with van der Waals surface area (Å²) in [5.41, 5.74) is 8.53. The van der Waals surface area contributed by atoms with E-state index in [1.165, 1.54) is 5.56 Å². The molecule has 0 amide bonds. The third-order valence-electron chi connectivity index (χ3n) is 6.10. The highest BCUT2D eigenvalue weighted by Crippen LogP contribution is 2.45. The highest BCUT2D eigenvalue weighted by Gasteiger charge is 2.46. The van der Waals surface area contributed by atoms with Gasteiger partial charge in [-0.25, -0.2) is 4.79 Å².